The molecule has 4 rings (SSSR count). The zero-order chi connectivity index (χ0) is 15.1. The van der Waals surface area contributed by atoms with Crippen LogP contribution in [-0.2, 0) is 6.42 Å². The quantitative estimate of drug-likeness (QED) is 0.693. The molecule has 3 aromatic rings. The minimum Gasteiger partial charge on any atom is -0.508 e. The van der Waals surface area contributed by atoms with Crippen LogP contribution >= 0.6 is 0 Å². The highest BCUT2D eigenvalue weighted by Gasteiger charge is 2.25. The van der Waals surface area contributed by atoms with Crippen molar-refractivity contribution in [2.24, 2.45) is 0 Å². The maximum Gasteiger partial charge on any atom is 0.189 e. The van der Waals surface area contributed by atoms with Crippen LogP contribution in [0, 0.1) is 0 Å². The Bertz CT molecular complexity index is 936. The van der Waals surface area contributed by atoms with E-state index in [4.69, 9.17) is 0 Å². The number of hydrogen-bond donors (Lipinski definition) is 1. The number of nitrogens with zero attached hydrogens (tertiary/aromatic N) is 1. The van der Waals surface area contributed by atoms with Crippen LogP contribution in [0.4, 0.5) is 0 Å². The number of carbonyl (C=O) groups excluding carboxylic acids is 1. The van der Waals surface area contributed by atoms with Gasteiger partial charge in [-0.2, -0.15) is 0 Å². The van der Waals surface area contributed by atoms with Gasteiger partial charge in [-0.05, 0) is 35.2 Å². The summed E-state index contributed by atoms with van der Waals surface area (Å²) >= 11 is 0. The fourth-order valence-corrected chi connectivity index (χ4v) is 2.97. The number of rotatable bonds is 1. The Kier molecular flexibility index (Phi) is 2.79. The van der Waals surface area contributed by atoms with Crippen LogP contribution in [-0.4, -0.2) is 15.9 Å². The molecule has 1 aliphatic carbocycles. The molecule has 0 radical (unpaired) electrons. The third-order valence-corrected chi connectivity index (χ3v) is 4.03. The lowest BCUT2D eigenvalue weighted by Gasteiger charge is -2.02. The van der Waals surface area contributed by atoms with E-state index in [2.05, 4.69) is 4.98 Å². The monoisotopic (exact) mass is 287 g/mol. The second-order valence-electron chi connectivity index (χ2n) is 5.47. The van der Waals surface area contributed by atoms with Crippen LogP contribution in [0.5, 0.6) is 5.75 Å². The third kappa shape index (κ3) is 1.99. The number of aromatic hydroxyl groups is 1. The average Bonchev–Trinajstić information content (AvgIpc) is 2.83. The van der Waals surface area contributed by atoms with Crippen molar-refractivity contribution in [3.05, 3.63) is 77.1 Å². The van der Waals surface area contributed by atoms with Gasteiger partial charge in [-0.15, -0.1) is 0 Å². The minimum absolute atomic E-state index is 0.0305. The molecule has 1 N–H and O–H groups in total. The normalized spacial score (nSPS) is 15.5. The molecule has 0 aliphatic heterocycles. The van der Waals surface area contributed by atoms with Crippen LogP contribution in [0.25, 0.3) is 16.8 Å². The van der Waals surface area contributed by atoms with Gasteiger partial charge < -0.3 is 5.11 Å². The molecule has 0 spiro atoms. The highest BCUT2D eigenvalue weighted by atomic mass is 16.3. The Hall–Kier alpha value is -2.94. The number of Topliss-reactive ketones (excluding diaryl/α,β-unsaturated/α-hetero) is 1. The topological polar surface area (TPSA) is 50.2 Å². The molecule has 2 aromatic carbocycles. The predicted molar refractivity (Wildman–Crippen MR) is 85.9 cm³/mol. The molecule has 0 fully saturated rings. The number of benzene rings is 2. The van der Waals surface area contributed by atoms with Gasteiger partial charge in [0.15, 0.2) is 5.78 Å². The first-order valence-corrected chi connectivity index (χ1v) is 7.12. The molecular weight excluding hydrogens is 274 g/mol. The smallest absolute Gasteiger partial charge is 0.189 e. The van der Waals surface area contributed by atoms with E-state index in [1.807, 2.05) is 36.5 Å². The van der Waals surface area contributed by atoms with Crippen molar-refractivity contribution < 1.29 is 9.90 Å². The van der Waals surface area contributed by atoms with Crippen molar-refractivity contribution in [2.75, 3.05) is 0 Å². The highest BCUT2D eigenvalue weighted by Crippen LogP contribution is 2.31. The van der Waals surface area contributed by atoms with Gasteiger partial charge in [-0.1, -0.05) is 24.3 Å². The zero-order valence-electron chi connectivity index (χ0n) is 11.8. The molecule has 3 nitrogen and oxygen atoms in total. The maximum atomic E-state index is 12.5. The van der Waals surface area contributed by atoms with Gasteiger partial charge in [0, 0.05) is 40.9 Å². The molecule has 0 atom stereocenters. The van der Waals surface area contributed by atoms with Crippen LogP contribution in [0.15, 0.2) is 60.4 Å². The Morgan fingerprint density at radius 3 is 2.86 bits per heavy atom. The van der Waals surface area contributed by atoms with E-state index in [0.29, 0.717) is 12.0 Å². The maximum absolute atomic E-state index is 12.5. The van der Waals surface area contributed by atoms with E-state index in [-0.39, 0.29) is 11.5 Å². The number of phenolic OH excluding ortho intramolecular Hbond substituents is 1. The van der Waals surface area contributed by atoms with Crippen LogP contribution in [0.2, 0.25) is 0 Å². The number of allylic oxidation sites excluding steroid dienone is 1. The summed E-state index contributed by atoms with van der Waals surface area (Å²) in [7, 11) is 0. The second kappa shape index (κ2) is 4.81. The van der Waals surface area contributed by atoms with E-state index < -0.39 is 0 Å². The van der Waals surface area contributed by atoms with Gasteiger partial charge in [-0.25, -0.2) is 0 Å². The van der Waals surface area contributed by atoms with Crippen molar-refractivity contribution in [1.82, 2.24) is 4.98 Å². The lowest BCUT2D eigenvalue weighted by atomic mass is 10.0. The highest BCUT2D eigenvalue weighted by molar-refractivity contribution is 6.16. The molecular formula is C19H13NO2. The summed E-state index contributed by atoms with van der Waals surface area (Å²) in [5.41, 5.74) is 3.24. The molecule has 3 heteroatoms. The number of fused-ring (bicyclic) bond motifs is 2. The van der Waals surface area contributed by atoms with Gasteiger partial charge >= 0.3 is 0 Å². The number of phenols is 1. The SMILES string of the molecule is O=C1/C(=C/c2cncc3ccccc23)Cc2cc(O)ccc21. The van der Waals surface area contributed by atoms with Crippen molar-refractivity contribution in [3.8, 4) is 5.75 Å². The summed E-state index contributed by atoms with van der Waals surface area (Å²) in [6.45, 7) is 0. The standard InChI is InChI=1S/C19H13NO2/c21-16-5-6-18-13(9-16)7-14(19(18)22)8-15-11-20-10-12-3-1-2-4-17(12)15/h1-6,8-11,21H,7H2/b14-8+. The summed E-state index contributed by atoms with van der Waals surface area (Å²) < 4.78 is 0. The van der Waals surface area contributed by atoms with Crippen molar-refractivity contribution in [1.29, 1.82) is 0 Å². The lowest BCUT2D eigenvalue weighted by molar-refractivity contribution is 0.104. The number of pyridine rings is 1. The molecule has 0 amide bonds. The first kappa shape index (κ1) is 12.8. The van der Waals surface area contributed by atoms with E-state index in [1.165, 1.54) is 0 Å². The van der Waals surface area contributed by atoms with Crippen molar-refractivity contribution >= 4 is 22.6 Å². The largest absolute Gasteiger partial charge is 0.508 e. The number of ketones is 1. The first-order valence-electron chi connectivity index (χ1n) is 7.12. The summed E-state index contributed by atoms with van der Waals surface area (Å²) in [6, 6.07) is 12.9. The Labute approximate surface area is 127 Å². The molecule has 0 bridgehead atoms. The Morgan fingerprint density at radius 1 is 1.09 bits per heavy atom. The van der Waals surface area contributed by atoms with Crippen LogP contribution < -0.4 is 0 Å². The molecule has 1 aromatic heterocycles. The first-order chi connectivity index (χ1) is 10.7. The molecule has 1 aliphatic rings. The van der Waals surface area contributed by atoms with Crippen LogP contribution in [0.3, 0.4) is 0 Å². The van der Waals surface area contributed by atoms with Gasteiger partial charge in [-0.3, -0.25) is 9.78 Å². The third-order valence-electron chi connectivity index (χ3n) is 4.03. The molecule has 1 heterocycles. The van der Waals surface area contributed by atoms with E-state index in [0.717, 1.165) is 27.5 Å². The summed E-state index contributed by atoms with van der Waals surface area (Å²) in [4.78, 5) is 16.7. The van der Waals surface area contributed by atoms with Gasteiger partial charge in [0.25, 0.3) is 0 Å². The van der Waals surface area contributed by atoms with Crippen LogP contribution in [0.1, 0.15) is 21.5 Å². The zero-order valence-corrected chi connectivity index (χ0v) is 11.8. The number of aromatic nitrogens is 1. The summed E-state index contributed by atoms with van der Waals surface area (Å²) in [5.74, 6) is 0.225. The molecule has 0 saturated carbocycles. The van der Waals surface area contributed by atoms with E-state index in [9.17, 15) is 9.90 Å². The Morgan fingerprint density at radius 2 is 1.95 bits per heavy atom. The molecule has 0 unspecified atom stereocenters. The Balaban J connectivity index is 1.82. The van der Waals surface area contributed by atoms with E-state index >= 15 is 0 Å². The summed E-state index contributed by atoms with van der Waals surface area (Å²) in [5, 5.41) is 11.7. The van der Waals surface area contributed by atoms with E-state index in [1.54, 1.807) is 24.4 Å². The molecule has 0 saturated heterocycles. The number of hydrogen-bond acceptors (Lipinski definition) is 3. The number of carbonyl (C=O) groups is 1. The van der Waals surface area contributed by atoms with Gasteiger partial charge in [0.1, 0.15) is 5.75 Å². The van der Waals surface area contributed by atoms with Crippen molar-refractivity contribution in [3.63, 3.8) is 0 Å². The van der Waals surface area contributed by atoms with Crippen molar-refractivity contribution in [2.45, 2.75) is 6.42 Å². The second-order valence-corrected chi connectivity index (χ2v) is 5.47. The fourth-order valence-electron chi connectivity index (χ4n) is 2.97. The lowest BCUT2D eigenvalue weighted by Crippen LogP contribution is -1.95. The fraction of sp³-hybridized carbons (Fsp3) is 0.0526. The minimum atomic E-state index is 0.0305. The predicted octanol–water partition coefficient (Wildman–Crippen LogP) is 3.76. The average molecular weight is 287 g/mol. The van der Waals surface area contributed by atoms with Gasteiger partial charge in [0.05, 0.1) is 0 Å². The summed E-state index contributed by atoms with van der Waals surface area (Å²) in [6.07, 6.45) is 6.06. The van der Waals surface area contributed by atoms with Gasteiger partial charge in [0.2, 0.25) is 0 Å². The molecule has 22 heavy (non-hydrogen) atoms. The molecule has 106 valence electrons.